The molecule has 2 heterocycles. The number of amides is 1. The number of hydrogen-bond acceptors (Lipinski definition) is 8. The highest BCUT2D eigenvalue weighted by Gasteiger charge is 2.35. The van der Waals surface area contributed by atoms with Crippen molar-refractivity contribution in [2.75, 3.05) is 26.7 Å². The van der Waals surface area contributed by atoms with Gasteiger partial charge in [0.05, 0.1) is 5.69 Å². The summed E-state index contributed by atoms with van der Waals surface area (Å²) < 4.78 is 44.8. The minimum Gasteiger partial charge on any atom is -0.362 e. The number of aromatic nitrogens is 2. The highest BCUT2D eigenvalue weighted by Crippen LogP contribution is 2.19. The highest BCUT2D eigenvalue weighted by molar-refractivity contribution is 5.79. The van der Waals surface area contributed by atoms with E-state index in [1.807, 2.05) is 39.7 Å². The lowest BCUT2D eigenvalue weighted by Gasteiger charge is -2.36. The fourth-order valence-corrected chi connectivity index (χ4v) is 4.62. The standard InChI is InChI=1S/C22H33N3.C11H9FN2.C2H2F3NO.2CH2O/c1-5-13-23-16-19(3)17-24(4)22-11-14-25(15-12-22)18-21-9-7-20(6-2)8-10-21;1-8-13-7-6-11(14-8)9-2-4-10(12)5-3-9;3-2(4,5)1(6)7;2*1-2/h5,7-10,13,16,22H,3,6,11-12,14-15,17-18H2,1-2,4H3;2-7H,1H3;(H2,6,7);2*1H2/b13-5-,23-16?;;;;. The molecule has 0 atom stereocenters. The molecule has 0 saturated carbocycles. The molecular weight excluding hydrogens is 652 g/mol. The number of carbonyl (C=O) groups is 3. The van der Waals surface area contributed by atoms with E-state index in [1.165, 1.54) is 49.2 Å². The van der Waals surface area contributed by atoms with Crippen LogP contribution in [0.15, 0.2) is 90.2 Å². The number of alkyl halides is 3. The first-order valence-electron chi connectivity index (χ1n) is 15.6. The Balaban J connectivity index is 0.000000803. The Morgan fingerprint density at radius 2 is 1.56 bits per heavy atom. The maximum absolute atomic E-state index is 12.6. The van der Waals surface area contributed by atoms with Crippen molar-refractivity contribution in [3.8, 4) is 11.3 Å². The maximum atomic E-state index is 12.6. The first kappa shape index (κ1) is 45.1. The number of nitrogens with zero attached hydrogens (tertiary/aromatic N) is 5. The van der Waals surface area contributed by atoms with Gasteiger partial charge in [0, 0.05) is 43.3 Å². The maximum Gasteiger partial charge on any atom is 0.470 e. The molecule has 13 heteroatoms. The summed E-state index contributed by atoms with van der Waals surface area (Å²) in [6, 6.07) is 17.8. The van der Waals surface area contributed by atoms with Crippen LogP contribution in [0.1, 0.15) is 43.6 Å². The fraction of sp³-hybridized carbons (Fsp3) is 0.351. The number of carbonyl (C=O) groups excluding carboxylic acids is 3. The number of benzene rings is 2. The lowest BCUT2D eigenvalue weighted by Crippen LogP contribution is -2.43. The van der Waals surface area contributed by atoms with Gasteiger partial charge < -0.3 is 15.3 Å². The molecule has 2 N–H and O–H groups in total. The van der Waals surface area contributed by atoms with Gasteiger partial charge in [-0.25, -0.2) is 14.4 Å². The van der Waals surface area contributed by atoms with Gasteiger partial charge in [-0.15, -0.1) is 0 Å². The average molecular weight is 701 g/mol. The third-order valence-electron chi connectivity index (χ3n) is 7.16. The number of nitrogens with two attached hydrogens (primary N) is 1. The number of likely N-dealkylation sites (N-methyl/N-ethyl adjacent to an activating group) is 1. The van der Waals surface area contributed by atoms with Gasteiger partial charge in [-0.05, 0) is 100 Å². The van der Waals surface area contributed by atoms with Crippen molar-refractivity contribution in [1.29, 1.82) is 0 Å². The molecule has 0 aliphatic carbocycles. The van der Waals surface area contributed by atoms with Crippen molar-refractivity contribution in [3.05, 3.63) is 108 Å². The Labute approximate surface area is 292 Å². The molecule has 0 bridgehead atoms. The minimum absolute atomic E-state index is 0.237. The number of rotatable bonds is 9. The van der Waals surface area contributed by atoms with Crippen molar-refractivity contribution < 1.29 is 31.9 Å². The molecule has 1 saturated heterocycles. The fourth-order valence-electron chi connectivity index (χ4n) is 4.62. The van der Waals surface area contributed by atoms with Gasteiger partial charge in [0.25, 0.3) is 0 Å². The first-order valence-corrected chi connectivity index (χ1v) is 15.6. The normalized spacial score (nSPS) is 13.1. The van der Waals surface area contributed by atoms with Crippen LogP contribution in [0.3, 0.4) is 0 Å². The molecule has 0 radical (unpaired) electrons. The quantitative estimate of drug-likeness (QED) is 0.198. The van der Waals surface area contributed by atoms with E-state index in [4.69, 9.17) is 14.4 Å². The van der Waals surface area contributed by atoms with E-state index in [0.717, 1.165) is 36.3 Å². The SMILES string of the molecule is C=C(C=N/C=C\C)CN(C)C1CCN(Cc2ccc(CC)cc2)CC1.C=O.C=O.Cc1nccc(-c2ccc(F)cc2)n1.NC(=O)C(F)(F)F. The molecule has 1 aromatic heterocycles. The van der Waals surface area contributed by atoms with Crippen LogP contribution in [-0.2, 0) is 27.3 Å². The predicted octanol–water partition coefficient (Wildman–Crippen LogP) is 6.56. The molecule has 9 nitrogen and oxygen atoms in total. The molecule has 0 unspecified atom stereocenters. The van der Waals surface area contributed by atoms with Crippen LogP contribution in [0.2, 0.25) is 0 Å². The highest BCUT2D eigenvalue weighted by atomic mass is 19.4. The summed E-state index contributed by atoms with van der Waals surface area (Å²) in [7, 11) is 2.21. The van der Waals surface area contributed by atoms with Crippen LogP contribution in [0.4, 0.5) is 17.6 Å². The molecule has 2 aromatic carbocycles. The molecule has 1 aliphatic heterocycles. The molecule has 50 heavy (non-hydrogen) atoms. The van der Waals surface area contributed by atoms with Gasteiger partial charge in [-0.2, -0.15) is 13.2 Å². The first-order chi connectivity index (χ1) is 23.8. The number of aliphatic imine (C=N–C) groups is 1. The van der Waals surface area contributed by atoms with Crippen molar-refractivity contribution in [3.63, 3.8) is 0 Å². The van der Waals surface area contributed by atoms with Crippen LogP contribution < -0.4 is 5.73 Å². The van der Waals surface area contributed by atoms with Crippen LogP contribution in [0, 0.1) is 12.7 Å². The molecule has 1 fully saturated rings. The molecule has 0 spiro atoms. The lowest BCUT2D eigenvalue weighted by molar-refractivity contribution is -0.169. The van der Waals surface area contributed by atoms with Crippen LogP contribution in [0.5, 0.6) is 0 Å². The van der Waals surface area contributed by atoms with Crippen LogP contribution in [0.25, 0.3) is 11.3 Å². The Kier molecular flexibility index (Phi) is 22.7. The summed E-state index contributed by atoms with van der Waals surface area (Å²) in [5.41, 5.74) is 9.44. The number of aryl methyl sites for hydroxylation is 2. The number of hydrogen-bond donors (Lipinski definition) is 1. The van der Waals surface area contributed by atoms with Crippen molar-refractivity contribution in [2.45, 2.75) is 58.8 Å². The zero-order chi connectivity index (χ0) is 38.1. The number of halogens is 4. The second-order valence-corrected chi connectivity index (χ2v) is 10.9. The van der Waals surface area contributed by atoms with Gasteiger partial charge in [0.2, 0.25) is 0 Å². The van der Waals surface area contributed by atoms with Gasteiger partial charge in [0.15, 0.2) is 0 Å². The number of likely N-dealkylation sites (tertiary alicyclic amines) is 1. The topological polar surface area (TPSA) is 122 Å². The minimum atomic E-state index is -4.86. The molecular formula is C37H48F4N6O3. The second kappa shape index (κ2) is 25.1. The molecule has 272 valence electrons. The summed E-state index contributed by atoms with van der Waals surface area (Å²) in [5.74, 6) is -1.78. The third kappa shape index (κ3) is 18.6. The molecule has 3 aromatic rings. The Morgan fingerprint density at radius 3 is 2.04 bits per heavy atom. The number of allylic oxidation sites excluding steroid dienone is 1. The zero-order valence-corrected chi connectivity index (χ0v) is 29.2. The Morgan fingerprint density at radius 1 is 1.02 bits per heavy atom. The number of piperidine rings is 1. The molecule has 4 rings (SSSR count). The van der Waals surface area contributed by atoms with E-state index in [9.17, 15) is 17.6 Å². The van der Waals surface area contributed by atoms with Crippen LogP contribution >= 0.6 is 0 Å². The third-order valence-corrected chi connectivity index (χ3v) is 7.16. The van der Waals surface area contributed by atoms with E-state index < -0.39 is 12.1 Å². The average Bonchev–Trinajstić information content (AvgIpc) is 3.11. The van der Waals surface area contributed by atoms with Gasteiger partial charge in [-0.1, -0.05) is 43.8 Å². The summed E-state index contributed by atoms with van der Waals surface area (Å²) >= 11 is 0. The van der Waals surface area contributed by atoms with E-state index in [-0.39, 0.29) is 5.82 Å². The van der Waals surface area contributed by atoms with Crippen molar-refractivity contribution in [1.82, 2.24) is 19.8 Å². The number of primary amides is 1. The van der Waals surface area contributed by atoms with E-state index in [2.05, 4.69) is 75.3 Å². The van der Waals surface area contributed by atoms with E-state index in [0.29, 0.717) is 11.9 Å². The van der Waals surface area contributed by atoms with Crippen molar-refractivity contribution >= 4 is 25.7 Å². The molecule has 1 amide bonds. The van der Waals surface area contributed by atoms with Gasteiger partial charge >= 0.3 is 12.1 Å². The Bertz CT molecular complexity index is 1460. The van der Waals surface area contributed by atoms with Gasteiger partial charge in [0.1, 0.15) is 25.2 Å². The smallest absolute Gasteiger partial charge is 0.362 e. The summed E-state index contributed by atoms with van der Waals surface area (Å²) in [4.78, 5) is 42.6. The predicted molar refractivity (Wildman–Crippen MR) is 191 cm³/mol. The summed E-state index contributed by atoms with van der Waals surface area (Å²) in [5, 5.41) is 0. The van der Waals surface area contributed by atoms with E-state index in [1.54, 1.807) is 30.6 Å². The molecule has 1 aliphatic rings. The van der Waals surface area contributed by atoms with Crippen LogP contribution in [-0.4, -0.2) is 84.4 Å². The van der Waals surface area contributed by atoms with Gasteiger partial charge in [-0.3, -0.25) is 19.6 Å². The zero-order valence-electron chi connectivity index (χ0n) is 29.2. The summed E-state index contributed by atoms with van der Waals surface area (Å²) in [6.45, 7) is 18.4. The monoisotopic (exact) mass is 700 g/mol. The second-order valence-electron chi connectivity index (χ2n) is 10.9. The largest absolute Gasteiger partial charge is 0.470 e. The lowest BCUT2D eigenvalue weighted by atomic mass is 10.0. The van der Waals surface area contributed by atoms with E-state index >= 15 is 0 Å². The summed E-state index contributed by atoms with van der Waals surface area (Å²) in [6.07, 6.45) is 6.00. The van der Waals surface area contributed by atoms with Crippen molar-refractivity contribution in [2.24, 2.45) is 10.7 Å². The Hall–Kier alpha value is -4.88.